The molecule has 1 aliphatic carbocycles. The molecule has 1 saturated carbocycles. The molecule has 20 heavy (non-hydrogen) atoms. The molecule has 1 aliphatic rings. The third kappa shape index (κ3) is 3.07. The van der Waals surface area contributed by atoms with Gasteiger partial charge in [0.05, 0.1) is 11.0 Å². The first-order valence-corrected chi connectivity index (χ1v) is 6.67. The van der Waals surface area contributed by atoms with Crippen LogP contribution < -0.4 is 4.74 Å². The number of carboxylic acids is 1. The minimum atomic E-state index is -1.31. The first-order valence-electron chi connectivity index (χ1n) is 6.67. The minimum Gasteiger partial charge on any atom is -0.490 e. The predicted octanol–water partition coefficient (Wildman–Crippen LogP) is 3.25. The molecular formula is C14H17NO5. The lowest BCUT2D eigenvalue weighted by atomic mass is 9.88. The van der Waals surface area contributed by atoms with E-state index in [0.29, 0.717) is 11.7 Å². The van der Waals surface area contributed by atoms with Crippen molar-refractivity contribution in [3.8, 4) is 5.75 Å². The van der Waals surface area contributed by atoms with Crippen LogP contribution >= 0.6 is 0 Å². The Bertz CT molecular complexity index is 528. The van der Waals surface area contributed by atoms with Crippen LogP contribution in [0.4, 0.5) is 5.69 Å². The topological polar surface area (TPSA) is 89.7 Å². The van der Waals surface area contributed by atoms with Crippen molar-refractivity contribution in [2.24, 2.45) is 5.92 Å². The molecule has 1 fully saturated rings. The number of hydrogen-bond donors (Lipinski definition) is 1. The van der Waals surface area contributed by atoms with E-state index in [2.05, 4.69) is 6.92 Å². The largest absolute Gasteiger partial charge is 0.490 e. The van der Waals surface area contributed by atoms with Crippen molar-refractivity contribution in [3.05, 3.63) is 33.9 Å². The van der Waals surface area contributed by atoms with Crippen LogP contribution in [-0.2, 0) is 0 Å². The van der Waals surface area contributed by atoms with E-state index in [4.69, 9.17) is 9.84 Å². The van der Waals surface area contributed by atoms with Crippen molar-refractivity contribution in [1.82, 2.24) is 0 Å². The van der Waals surface area contributed by atoms with Gasteiger partial charge in [-0.15, -0.1) is 0 Å². The van der Waals surface area contributed by atoms with E-state index in [1.165, 1.54) is 24.6 Å². The summed E-state index contributed by atoms with van der Waals surface area (Å²) >= 11 is 0. The van der Waals surface area contributed by atoms with Crippen molar-refractivity contribution in [2.75, 3.05) is 0 Å². The van der Waals surface area contributed by atoms with E-state index in [-0.39, 0.29) is 11.7 Å². The molecule has 0 radical (unpaired) electrons. The molecule has 0 amide bonds. The zero-order valence-corrected chi connectivity index (χ0v) is 11.2. The maximum atomic E-state index is 10.9. The molecule has 2 rings (SSSR count). The first kappa shape index (κ1) is 14.3. The van der Waals surface area contributed by atoms with Crippen molar-refractivity contribution in [3.63, 3.8) is 0 Å². The lowest BCUT2D eigenvalue weighted by Gasteiger charge is -2.29. The highest BCUT2D eigenvalue weighted by atomic mass is 16.6. The highest BCUT2D eigenvalue weighted by molar-refractivity contribution is 5.92. The van der Waals surface area contributed by atoms with Gasteiger partial charge in [-0.05, 0) is 37.3 Å². The van der Waals surface area contributed by atoms with Crippen LogP contribution in [0.3, 0.4) is 0 Å². The molecule has 0 aliphatic heterocycles. The van der Waals surface area contributed by atoms with Crippen LogP contribution in [-0.4, -0.2) is 22.1 Å². The molecule has 108 valence electrons. The molecule has 6 heteroatoms. The molecule has 0 spiro atoms. The molecule has 2 atom stereocenters. The fraction of sp³-hybridized carbons (Fsp3) is 0.500. The van der Waals surface area contributed by atoms with Crippen molar-refractivity contribution >= 4 is 11.7 Å². The number of carboxylic acid groups (broad SMARTS) is 1. The fourth-order valence-corrected chi connectivity index (χ4v) is 2.55. The van der Waals surface area contributed by atoms with Gasteiger partial charge in [0.2, 0.25) is 0 Å². The summed E-state index contributed by atoms with van der Waals surface area (Å²) in [6, 6.07) is 3.91. The van der Waals surface area contributed by atoms with Gasteiger partial charge in [0.25, 0.3) is 5.69 Å². The zero-order chi connectivity index (χ0) is 14.7. The summed E-state index contributed by atoms with van der Waals surface area (Å²) in [5, 5.41) is 19.8. The predicted molar refractivity (Wildman–Crippen MR) is 72.1 cm³/mol. The van der Waals surface area contributed by atoms with Gasteiger partial charge in [-0.25, -0.2) is 4.79 Å². The van der Waals surface area contributed by atoms with Crippen molar-refractivity contribution in [2.45, 2.75) is 38.7 Å². The lowest BCUT2D eigenvalue weighted by Crippen LogP contribution is -2.28. The summed E-state index contributed by atoms with van der Waals surface area (Å²) in [7, 11) is 0. The van der Waals surface area contributed by atoms with Crippen LogP contribution in [0, 0.1) is 16.0 Å². The summed E-state index contributed by atoms with van der Waals surface area (Å²) in [5.41, 5.74) is -0.752. The summed E-state index contributed by atoms with van der Waals surface area (Å²) in [6.45, 7) is 2.10. The smallest absolute Gasteiger partial charge is 0.342 e. The van der Waals surface area contributed by atoms with Crippen LogP contribution in [0.1, 0.15) is 43.0 Å². The van der Waals surface area contributed by atoms with Gasteiger partial charge in [-0.3, -0.25) is 10.1 Å². The normalized spacial score (nSPS) is 22.2. The van der Waals surface area contributed by atoms with Gasteiger partial charge < -0.3 is 9.84 Å². The summed E-state index contributed by atoms with van der Waals surface area (Å²) in [6.07, 6.45) is 4.32. The van der Waals surface area contributed by atoms with E-state index in [1.807, 2.05) is 0 Å². The van der Waals surface area contributed by atoms with E-state index in [0.717, 1.165) is 19.3 Å². The van der Waals surface area contributed by atoms with Gasteiger partial charge >= 0.3 is 5.97 Å². The highest BCUT2D eigenvalue weighted by Gasteiger charge is 2.25. The number of nitro groups is 1. The Morgan fingerprint density at radius 3 is 2.70 bits per heavy atom. The Morgan fingerprint density at radius 2 is 2.10 bits per heavy atom. The molecule has 1 N–H and O–H groups in total. The molecular weight excluding hydrogens is 262 g/mol. The zero-order valence-electron chi connectivity index (χ0n) is 11.2. The third-order valence-electron chi connectivity index (χ3n) is 3.72. The number of rotatable bonds is 4. The Labute approximate surface area is 116 Å². The average Bonchev–Trinajstić information content (AvgIpc) is 2.41. The second-order valence-electron chi connectivity index (χ2n) is 5.16. The molecule has 6 nitrogen and oxygen atoms in total. The Hall–Kier alpha value is -2.11. The van der Waals surface area contributed by atoms with Crippen molar-refractivity contribution < 1.29 is 19.6 Å². The average molecular weight is 279 g/mol. The van der Waals surface area contributed by atoms with Crippen LogP contribution in [0.15, 0.2) is 18.2 Å². The van der Waals surface area contributed by atoms with Gasteiger partial charge in [0, 0.05) is 0 Å². The maximum absolute atomic E-state index is 10.9. The highest BCUT2D eigenvalue weighted by Crippen LogP contribution is 2.30. The van der Waals surface area contributed by atoms with Crippen molar-refractivity contribution in [1.29, 1.82) is 0 Å². The third-order valence-corrected chi connectivity index (χ3v) is 3.72. The van der Waals surface area contributed by atoms with Gasteiger partial charge in [0.15, 0.2) is 0 Å². The first-order chi connectivity index (χ1) is 9.49. The second kappa shape index (κ2) is 5.90. The summed E-state index contributed by atoms with van der Waals surface area (Å²) in [4.78, 5) is 21.2. The van der Waals surface area contributed by atoms with E-state index in [9.17, 15) is 14.9 Å². The number of aromatic carboxylic acids is 1. The Morgan fingerprint density at radius 1 is 1.40 bits per heavy atom. The van der Waals surface area contributed by atoms with E-state index < -0.39 is 16.6 Å². The fourth-order valence-electron chi connectivity index (χ4n) is 2.55. The Kier molecular flexibility index (Phi) is 4.22. The molecule has 2 unspecified atom stereocenters. The molecule has 0 saturated heterocycles. The number of nitro benzene ring substituents is 1. The quantitative estimate of drug-likeness (QED) is 0.675. The number of hydrogen-bond acceptors (Lipinski definition) is 4. The van der Waals surface area contributed by atoms with Crippen LogP contribution in [0.5, 0.6) is 5.75 Å². The minimum absolute atomic E-state index is 0.0408. The van der Waals surface area contributed by atoms with E-state index >= 15 is 0 Å². The monoisotopic (exact) mass is 279 g/mol. The Balaban J connectivity index is 2.22. The molecule has 1 aromatic carbocycles. The number of carbonyl (C=O) groups is 1. The maximum Gasteiger partial charge on any atom is 0.342 e. The van der Waals surface area contributed by atoms with Gasteiger partial charge in [-0.1, -0.05) is 13.3 Å². The number of benzene rings is 1. The molecule has 0 heterocycles. The van der Waals surface area contributed by atoms with Gasteiger partial charge in [0.1, 0.15) is 17.4 Å². The lowest BCUT2D eigenvalue weighted by molar-refractivity contribution is -0.385. The number of nitrogens with zero attached hydrogens (tertiary/aromatic N) is 1. The number of ether oxygens (including phenoxy) is 1. The van der Waals surface area contributed by atoms with Crippen LogP contribution in [0.2, 0.25) is 0 Å². The SMILES string of the molecule is CC1CCCCC1Oc1ccc(C(=O)O)c([N+](=O)[O-])c1. The van der Waals surface area contributed by atoms with Gasteiger partial charge in [-0.2, -0.15) is 0 Å². The molecule has 0 aromatic heterocycles. The second-order valence-corrected chi connectivity index (χ2v) is 5.16. The standard InChI is InChI=1S/C14H17NO5/c1-9-4-2-3-5-13(9)20-10-6-7-11(14(16)17)12(8-10)15(18)19/h6-9,13H,2-5H2,1H3,(H,16,17). The summed E-state index contributed by atoms with van der Waals surface area (Å²) in [5.74, 6) is -0.545. The molecule has 1 aromatic rings. The van der Waals surface area contributed by atoms with Crippen LogP contribution in [0.25, 0.3) is 0 Å². The summed E-state index contributed by atoms with van der Waals surface area (Å²) < 4.78 is 5.80. The molecule has 0 bridgehead atoms. The van der Waals surface area contributed by atoms with E-state index in [1.54, 1.807) is 0 Å².